The van der Waals surface area contributed by atoms with Crippen LogP contribution in [0.15, 0.2) is 90.6 Å². The zero-order chi connectivity index (χ0) is 65.5. The van der Waals surface area contributed by atoms with Crippen LogP contribution in [0.3, 0.4) is 0 Å². The molecule has 0 aliphatic rings. The van der Waals surface area contributed by atoms with E-state index in [9.17, 15) is 17.2 Å². The number of benzene rings is 2. The van der Waals surface area contributed by atoms with Crippen LogP contribution >= 0.6 is 0 Å². The first-order chi connectivity index (χ1) is 41.7. The summed E-state index contributed by atoms with van der Waals surface area (Å²) >= 11 is 0. The van der Waals surface area contributed by atoms with Gasteiger partial charge >= 0.3 is 29.6 Å². The van der Waals surface area contributed by atoms with Crippen LogP contribution in [0.5, 0.6) is 0 Å². The van der Waals surface area contributed by atoms with Gasteiger partial charge in [-0.05, 0) is 85.2 Å². The van der Waals surface area contributed by atoms with Gasteiger partial charge in [-0.1, -0.05) is 90.6 Å². The average molecular weight is 1340 g/mol. The molecule has 8 rings (SSSR count). The number of hydrogen-bond acceptors (Lipinski definition) is 16. The molecule has 0 amide bonds. The Morgan fingerprint density at radius 1 is 0.567 bits per heavy atom. The summed E-state index contributed by atoms with van der Waals surface area (Å²) in [5, 5.41) is 14.6. The first kappa shape index (κ1) is 74.9. The predicted octanol–water partition coefficient (Wildman–Crippen LogP) is 12.3. The van der Waals surface area contributed by atoms with Gasteiger partial charge in [0.15, 0.2) is 11.3 Å². The number of ether oxygens (including phenoxy) is 4. The SMILES string of the molecule is CC(N=[N+]=[N-])c1cc(N(COCC[Si](C)(C)C)COCC[Si](C)(C)C)n2ncc(-c3cnc4ccc(F)cc4c3)c2n1.CC(OS(C)(=O)=O)c1cc(N(COCC[Si](C)(C)C)COCC[Si](C)(C)C)n2ncc(-c3cnc4ccc(F)cc4c3)c2n1.[N-]=[N+]=[N-].[Na+]. The Kier molecular flexibility index (Phi) is 27.6. The second-order valence-electron chi connectivity index (χ2n) is 26.7. The van der Waals surface area contributed by atoms with Gasteiger partial charge < -0.3 is 39.8 Å². The van der Waals surface area contributed by atoms with Crippen molar-refractivity contribution < 1.29 is 69.9 Å². The number of fused-ring (bicyclic) bond motifs is 4. The average Bonchev–Trinajstić information content (AvgIpc) is 1.58. The third-order valence-corrected chi connectivity index (χ3v) is 21.3. The number of rotatable bonds is 29. The van der Waals surface area contributed by atoms with Crippen molar-refractivity contribution in [3.05, 3.63) is 135 Å². The van der Waals surface area contributed by atoms with Crippen LogP contribution in [-0.4, -0.2) is 139 Å². The molecule has 0 fully saturated rings. The number of azide groups is 1. The number of hydrogen-bond donors (Lipinski definition) is 0. The van der Waals surface area contributed by atoms with Crippen molar-refractivity contribution >= 4 is 87.1 Å². The molecule has 0 radical (unpaired) electrons. The molecule has 2 aromatic carbocycles. The minimum absolute atomic E-state index is 0. The summed E-state index contributed by atoms with van der Waals surface area (Å²) in [5.74, 6) is 0.638. The monoisotopic (exact) mass is 1330 g/mol. The smallest absolute Gasteiger partial charge is 0.373 e. The van der Waals surface area contributed by atoms with E-state index in [0.29, 0.717) is 107 Å². The zero-order valence-electron chi connectivity index (χ0n) is 54.9. The fraction of sp³-hybridized carbons (Fsp3) is 0.492. The van der Waals surface area contributed by atoms with Crippen molar-refractivity contribution in [3.8, 4) is 22.3 Å². The number of anilines is 2. The molecule has 0 saturated heterocycles. The van der Waals surface area contributed by atoms with Gasteiger partial charge in [-0.3, -0.25) is 19.1 Å². The number of nitrogens with zero attached hydrogens (tertiary/aromatic N) is 16. The van der Waals surface area contributed by atoms with Crippen molar-refractivity contribution in [1.82, 2.24) is 39.2 Å². The van der Waals surface area contributed by atoms with Gasteiger partial charge in [-0.2, -0.15) is 27.6 Å². The molecule has 8 aromatic rings. The van der Waals surface area contributed by atoms with E-state index in [1.54, 1.807) is 65.9 Å². The topological polar surface area (TPSA) is 280 Å². The van der Waals surface area contributed by atoms with E-state index in [4.69, 9.17) is 54.8 Å². The molecule has 2 unspecified atom stereocenters. The number of halogens is 2. The predicted molar refractivity (Wildman–Crippen MR) is 360 cm³/mol. The van der Waals surface area contributed by atoms with E-state index in [-0.39, 0.29) is 54.7 Å². The Hall–Kier alpha value is -5.80. The van der Waals surface area contributed by atoms with Gasteiger partial charge in [0.05, 0.1) is 47.1 Å². The third-order valence-electron chi connectivity index (χ3n) is 13.9. The summed E-state index contributed by atoms with van der Waals surface area (Å²) in [6, 6.07) is 19.9. The summed E-state index contributed by atoms with van der Waals surface area (Å²) in [4.78, 5) is 27.1. The summed E-state index contributed by atoms with van der Waals surface area (Å²) in [7, 11) is -8.92. The maximum atomic E-state index is 14.0. The fourth-order valence-electron chi connectivity index (χ4n) is 8.71. The molecule has 6 aromatic heterocycles. The molecule has 0 spiro atoms. The van der Waals surface area contributed by atoms with Crippen LogP contribution in [0.25, 0.3) is 81.8 Å². The summed E-state index contributed by atoms with van der Waals surface area (Å²) in [6.45, 7) is 34.8. The Morgan fingerprint density at radius 2 is 0.922 bits per heavy atom. The Balaban J connectivity index is 0.000000311. The molecule has 23 nitrogen and oxygen atoms in total. The van der Waals surface area contributed by atoms with Crippen LogP contribution in [0.4, 0.5) is 20.4 Å². The van der Waals surface area contributed by atoms with Crippen molar-refractivity contribution in [2.75, 3.05) is 69.4 Å². The molecule has 480 valence electrons. The number of aromatic nitrogens is 8. The normalized spacial score (nSPS) is 12.8. The van der Waals surface area contributed by atoms with Crippen LogP contribution in [0.2, 0.25) is 103 Å². The third kappa shape index (κ3) is 23.4. The Bertz CT molecular complexity index is 3850. The van der Waals surface area contributed by atoms with E-state index >= 15 is 0 Å². The van der Waals surface area contributed by atoms with Crippen LogP contribution in [0, 0.1) is 11.6 Å². The minimum atomic E-state index is -3.76. The van der Waals surface area contributed by atoms with Gasteiger partial charge in [-0.15, -0.1) is 0 Å². The van der Waals surface area contributed by atoms with Gasteiger partial charge in [0.1, 0.15) is 56.3 Å². The largest absolute Gasteiger partial charge is 1.00 e. The van der Waals surface area contributed by atoms with Gasteiger partial charge in [0, 0.05) is 121 Å². The molecule has 0 aliphatic carbocycles. The quantitative estimate of drug-likeness (QED) is 0.00801. The van der Waals surface area contributed by atoms with Crippen LogP contribution in [0.1, 0.15) is 37.4 Å². The van der Waals surface area contributed by atoms with Crippen molar-refractivity contribution in [3.63, 3.8) is 0 Å². The minimum Gasteiger partial charge on any atom is -0.373 e. The molecule has 31 heteroatoms. The number of pyridine rings is 2. The zero-order valence-corrected chi connectivity index (χ0v) is 61.7. The molecule has 0 N–H and O–H groups in total. The van der Waals surface area contributed by atoms with Gasteiger partial charge in [-0.25, -0.2) is 18.7 Å². The maximum Gasteiger partial charge on any atom is 1.00 e. The van der Waals surface area contributed by atoms with E-state index in [0.717, 1.165) is 41.6 Å². The van der Waals surface area contributed by atoms with Gasteiger partial charge in [0.25, 0.3) is 10.1 Å². The summed E-state index contributed by atoms with van der Waals surface area (Å²) < 4.78 is 85.5. The first-order valence-electron chi connectivity index (χ1n) is 29.4. The second kappa shape index (κ2) is 33.2. The Labute approximate surface area is 552 Å². The van der Waals surface area contributed by atoms with E-state index in [1.165, 1.54) is 29.2 Å². The first-order valence-corrected chi connectivity index (χ1v) is 46.0. The summed E-state index contributed by atoms with van der Waals surface area (Å²) in [6.07, 6.45) is 6.97. The molecule has 90 heavy (non-hydrogen) atoms. The summed E-state index contributed by atoms with van der Waals surface area (Å²) in [5.41, 5.74) is 28.8. The molecule has 2 atom stereocenters. The second-order valence-corrected chi connectivity index (χ2v) is 50.8. The van der Waals surface area contributed by atoms with E-state index in [1.807, 2.05) is 28.0 Å². The molecular formula is C59H85F2N16NaO7SSi4. The molecule has 6 heterocycles. The van der Waals surface area contributed by atoms with Crippen molar-refractivity contribution in [2.24, 2.45) is 5.11 Å². The molecule has 0 saturated carbocycles. The molecule has 0 aliphatic heterocycles. The van der Waals surface area contributed by atoms with E-state index < -0.39 is 54.6 Å². The van der Waals surface area contributed by atoms with E-state index in [2.05, 4.69) is 104 Å². The van der Waals surface area contributed by atoms with Crippen molar-refractivity contribution in [1.29, 1.82) is 0 Å². The van der Waals surface area contributed by atoms with Crippen LogP contribution < -0.4 is 39.4 Å². The van der Waals surface area contributed by atoms with Crippen molar-refractivity contribution in [2.45, 2.75) is 129 Å². The van der Waals surface area contributed by atoms with Crippen LogP contribution in [-0.2, 0) is 33.2 Å². The van der Waals surface area contributed by atoms with Gasteiger partial charge in [0.2, 0.25) is 0 Å². The molecule has 0 bridgehead atoms. The molecular weight excluding hydrogens is 1250 g/mol. The fourth-order valence-corrected chi connectivity index (χ4v) is 12.4. The Morgan fingerprint density at radius 3 is 1.27 bits per heavy atom. The maximum absolute atomic E-state index is 14.0. The standard InChI is InChI=1S/C30H44FN5O5SSi2.C29H41FN8O2Si2.N3.Na/c1-22(41-42(2,37)38)28-17-29(35(20-39-11-13-43(3,4)5)21-40-12-14-44(6,7)8)36-30(34-28)26(19-33-36)24-15-23-16-25(31)9-10-27(23)32-18-24;1-21(35-36-31)27-16-28(37(19-39-10-12-41(2,3)4)20-40-11-13-42(5,6)7)38-29(34-27)25(18-33-38)23-14-22-15-24(30)8-9-26(22)32-17-23;1-3-2;/h9-10,15-19,22H,11-14,20-21H2,1-8H3;8-9,14-18,21H,10-13,19-20H2,1-7H3;;/q;;-1;+1.